The molecule has 0 atom stereocenters. The Morgan fingerprint density at radius 1 is 1.19 bits per heavy atom. The molecule has 0 radical (unpaired) electrons. The van der Waals surface area contributed by atoms with Gasteiger partial charge < -0.3 is 5.73 Å². The molecule has 7 heteroatoms. The molecule has 0 saturated carbocycles. The molecule has 1 heterocycles. The van der Waals surface area contributed by atoms with E-state index in [2.05, 4.69) is 0 Å². The van der Waals surface area contributed by atoms with E-state index in [9.17, 15) is 17.6 Å². The molecule has 2 rings (SSSR count). The second-order valence-electron chi connectivity index (χ2n) is 4.04. The molecule has 0 aliphatic heterocycles. The molecular formula is C14H8F4N2S. The van der Waals surface area contributed by atoms with Crippen molar-refractivity contribution in [3.05, 3.63) is 57.5 Å². The van der Waals surface area contributed by atoms with Gasteiger partial charge in [-0.25, -0.2) is 4.39 Å². The van der Waals surface area contributed by atoms with Gasteiger partial charge in [0, 0.05) is 10.4 Å². The number of rotatable bonds is 2. The van der Waals surface area contributed by atoms with Crippen molar-refractivity contribution in [2.75, 3.05) is 0 Å². The first-order valence-electron chi connectivity index (χ1n) is 5.66. The number of allylic oxidation sites excluding steroid dienone is 1. The van der Waals surface area contributed by atoms with Crippen LogP contribution in [0.25, 0.3) is 11.3 Å². The van der Waals surface area contributed by atoms with Gasteiger partial charge >= 0.3 is 6.18 Å². The van der Waals surface area contributed by atoms with E-state index in [0.29, 0.717) is 10.9 Å². The van der Waals surface area contributed by atoms with Crippen LogP contribution in [-0.4, -0.2) is 0 Å². The molecule has 0 aliphatic carbocycles. The van der Waals surface area contributed by atoms with Crippen LogP contribution in [-0.2, 0) is 6.18 Å². The molecule has 0 spiro atoms. The summed E-state index contributed by atoms with van der Waals surface area (Å²) in [5, 5.41) is 10.8. The zero-order valence-electron chi connectivity index (χ0n) is 10.4. The van der Waals surface area contributed by atoms with Crippen molar-refractivity contribution in [2.24, 2.45) is 5.73 Å². The van der Waals surface area contributed by atoms with E-state index < -0.39 is 23.1 Å². The smallest absolute Gasteiger partial charge is 0.397 e. The van der Waals surface area contributed by atoms with Crippen molar-refractivity contribution in [3.8, 4) is 6.07 Å². The van der Waals surface area contributed by atoms with Gasteiger partial charge in [0.05, 0.1) is 16.8 Å². The molecule has 0 unspecified atom stereocenters. The van der Waals surface area contributed by atoms with E-state index in [1.54, 1.807) is 23.6 Å². The Hall–Kier alpha value is -2.33. The summed E-state index contributed by atoms with van der Waals surface area (Å²) in [6, 6.07) is 7.85. The van der Waals surface area contributed by atoms with E-state index >= 15 is 0 Å². The minimum absolute atomic E-state index is 0.0526. The maximum absolute atomic E-state index is 14.0. The van der Waals surface area contributed by atoms with Crippen molar-refractivity contribution in [2.45, 2.75) is 6.18 Å². The zero-order chi connectivity index (χ0) is 15.6. The fourth-order valence-electron chi connectivity index (χ4n) is 1.76. The van der Waals surface area contributed by atoms with E-state index in [0.717, 1.165) is 12.1 Å². The average molecular weight is 312 g/mol. The first-order chi connectivity index (χ1) is 9.86. The molecule has 1 aromatic carbocycles. The van der Waals surface area contributed by atoms with E-state index in [1.165, 1.54) is 11.3 Å². The number of thiophene rings is 1. The van der Waals surface area contributed by atoms with Gasteiger partial charge in [-0.15, -0.1) is 11.3 Å². The molecule has 21 heavy (non-hydrogen) atoms. The second-order valence-corrected chi connectivity index (χ2v) is 4.99. The largest absolute Gasteiger partial charge is 0.419 e. The standard InChI is InChI=1S/C14H8F4N2S/c15-12-8(3-1-4-10(12)14(16,17)18)13(20)9(7-19)11-5-2-6-21-11/h1-6H,20H2/b13-9-. The fourth-order valence-corrected chi connectivity index (χ4v) is 2.50. The number of nitrogens with two attached hydrogens (primary N) is 1. The minimum Gasteiger partial charge on any atom is -0.397 e. The third-order valence-corrected chi connectivity index (χ3v) is 3.63. The number of hydrogen-bond acceptors (Lipinski definition) is 3. The molecule has 0 fully saturated rings. The summed E-state index contributed by atoms with van der Waals surface area (Å²) in [6.45, 7) is 0. The maximum atomic E-state index is 14.0. The second kappa shape index (κ2) is 5.58. The topological polar surface area (TPSA) is 49.8 Å². The normalized spacial score (nSPS) is 12.7. The van der Waals surface area contributed by atoms with Crippen molar-refractivity contribution >= 4 is 22.6 Å². The van der Waals surface area contributed by atoms with Crippen LogP contribution in [0.1, 0.15) is 16.0 Å². The average Bonchev–Trinajstić information content (AvgIpc) is 2.92. The third-order valence-electron chi connectivity index (χ3n) is 2.74. The van der Waals surface area contributed by atoms with Crippen molar-refractivity contribution < 1.29 is 17.6 Å². The molecule has 2 N–H and O–H groups in total. The van der Waals surface area contributed by atoms with E-state index in [1.807, 2.05) is 0 Å². The Kier molecular flexibility index (Phi) is 4.00. The van der Waals surface area contributed by atoms with Gasteiger partial charge in [-0.3, -0.25) is 0 Å². The lowest BCUT2D eigenvalue weighted by atomic mass is 10.0. The summed E-state index contributed by atoms with van der Waals surface area (Å²) in [6.07, 6.45) is -4.82. The Morgan fingerprint density at radius 3 is 2.43 bits per heavy atom. The van der Waals surface area contributed by atoms with E-state index in [-0.39, 0.29) is 11.3 Å². The summed E-state index contributed by atoms with van der Waals surface area (Å²) in [5.41, 5.74) is 3.50. The molecule has 0 bridgehead atoms. The number of halogens is 4. The lowest BCUT2D eigenvalue weighted by Crippen LogP contribution is -2.11. The number of nitriles is 1. The predicted octanol–water partition coefficient (Wildman–Crippen LogP) is 4.26. The predicted molar refractivity (Wildman–Crippen MR) is 72.3 cm³/mol. The summed E-state index contributed by atoms with van der Waals surface area (Å²) in [4.78, 5) is 0.465. The first kappa shape index (κ1) is 15.1. The molecule has 0 aliphatic rings. The Labute approximate surface area is 121 Å². The van der Waals surface area contributed by atoms with Gasteiger partial charge in [0.15, 0.2) is 0 Å². The number of alkyl halides is 3. The van der Waals surface area contributed by atoms with Crippen LogP contribution in [0.4, 0.5) is 17.6 Å². The Bertz CT molecular complexity index is 724. The van der Waals surface area contributed by atoms with Crippen molar-refractivity contribution in [1.29, 1.82) is 5.26 Å². The summed E-state index contributed by atoms with van der Waals surface area (Å²) < 4.78 is 52.1. The minimum atomic E-state index is -4.82. The van der Waals surface area contributed by atoms with Crippen molar-refractivity contribution in [3.63, 3.8) is 0 Å². The molecule has 0 amide bonds. The third kappa shape index (κ3) is 2.90. The monoisotopic (exact) mass is 312 g/mol. The van der Waals surface area contributed by atoms with Crippen LogP contribution in [0.2, 0.25) is 0 Å². The molecular weight excluding hydrogens is 304 g/mol. The molecule has 2 nitrogen and oxygen atoms in total. The highest BCUT2D eigenvalue weighted by molar-refractivity contribution is 7.11. The molecule has 2 aromatic rings. The van der Waals surface area contributed by atoms with Crippen molar-refractivity contribution in [1.82, 2.24) is 0 Å². The molecule has 108 valence electrons. The number of benzene rings is 1. The summed E-state index contributed by atoms with van der Waals surface area (Å²) >= 11 is 1.19. The quantitative estimate of drug-likeness (QED) is 0.665. The number of hydrogen-bond donors (Lipinski definition) is 1. The lowest BCUT2D eigenvalue weighted by Gasteiger charge is -2.12. The summed E-state index contributed by atoms with van der Waals surface area (Å²) in [7, 11) is 0. The van der Waals surface area contributed by atoms with Crippen LogP contribution in [0, 0.1) is 17.1 Å². The van der Waals surface area contributed by atoms with Gasteiger partial charge in [0.2, 0.25) is 0 Å². The van der Waals surface area contributed by atoms with Gasteiger partial charge in [0.1, 0.15) is 11.9 Å². The van der Waals surface area contributed by atoms with Gasteiger partial charge in [-0.2, -0.15) is 18.4 Å². The van der Waals surface area contributed by atoms with Crippen LogP contribution >= 0.6 is 11.3 Å². The highest BCUT2D eigenvalue weighted by atomic mass is 32.1. The molecule has 1 aromatic heterocycles. The zero-order valence-corrected chi connectivity index (χ0v) is 11.2. The summed E-state index contributed by atoms with van der Waals surface area (Å²) in [5.74, 6) is -1.48. The SMILES string of the molecule is N#C/C(=C(/N)c1cccc(C(F)(F)F)c1F)c1cccs1. The van der Waals surface area contributed by atoms with Crippen LogP contribution in [0.3, 0.4) is 0 Å². The highest BCUT2D eigenvalue weighted by Gasteiger charge is 2.35. The lowest BCUT2D eigenvalue weighted by molar-refractivity contribution is -0.140. The van der Waals surface area contributed by atoms with Gasteiger partial charge in [0.25, 0.3) is 0 Å². The van der Waals surface area contributed by atoms with Gasteiger partial charge in [-0.1, -0.05) is 12.1 Å². The highest BCUT2D eigenvalue weighted by Crippen LogP contribution is 2.35. The van der Waals surface area contributed by atoms with Crippen LogP contribution in [0.5, 0.6) is 0 Å². The maximum Gasteiger partial charge on any atom is 0.419 e. The van der Waals surface area contributed by atoms with Gasteiger partial charge in [-0.05, 0) is 23.6 Å². The van der Waals surface area contributed by atoms with E-state index in [4.69, 9.17) is 11.0 Å². The first-order valence-corrected chi connectivity index (χ1v) is 6.54. The Morgan fingerprint density at radius 2 is 1.90 bits per heavy atom. The Balaban J connectivity index is 2.65. The van der Waals surface area contributed by atoms with Crippen LogP contribution in [0.15, 0.2) is 35.7 Å². The molecule has 0 saturated heterocycles. The van der Waals surface area contributed by atoms with Crippen LogP contribution < -0.4 is 5.73 Å². The number of nitrogens with zero attached hydrogens (tertiary/aromatic N) is 1. The fraction of sp³-hybridized carbons (Fsp3) is 0.0714.